The number of nitrogens with zero attached hydrogens (tertiary/aromatic N) is 8. The molecular weight excluding hydrogens is 529 g/mol. The first-order chi connectivity index (χ1) is 19.6. The number of fused-ring (bicyclic) bond motifs is 1. The summed E-state index contributed by atoms with van der Waals surface area (Å²) in [5.74, 6) is 5.61. The van der Waals surface area contributed by atoms with E-state index in [0.29, 0.717) is 48.8 Å². The molecule has 0 aliphatic carbocycles. The van der Waals surface area contributed by atoms with Crippen LogP contribution in [-0.4, -0.2) is 60.8 Å². The van der Waals surface area contributed by atoms with Gasteiger partial charge in [0.2, 0.25) is 5.82 Å². The molecule has 214 valence electrons. The molecule has 0 bridgehead atoms. The second-order valence-corrected chi connectivity index (χ2v) is 10.7. The minimum absolute atomic E-state index is 0.0959. The third kappa shape index (κ3) is 6.23. The lowest BCUT2D eigenvalue weighted by atomic mass is 9.97. The number of ether oxygens (including phenoxy) is 2. The molecule has 12 nitrogen and oxygen atoms in total. The molecule has 0 spiro atoms. The molecule has 3 aromatic heterocycles. The van der Waals surface area contributed by atoms with E-state index in [0.717, 1.165) is 23.7 Å². The number of halogens is 1. The van der Waals surface area contributed by atoms with Crippen LogP contribution in [0.1, 0.15) is 51.2 Å². The van der Waals surface area contributed by atoms with Gasteiger partial charge in [-0.25, -0.2) is 14.2 Å². The van der Waals surface area contributed by atoms with Crippen molar-refractivity contribution < 1.29 is 18.7 Å². The summed E-state index contributed by atoms with van der Waals surface area (Å²) in [6.07, 6.45) is 3.23. The highest BCUT2D eigenvalue weighted by molar-refractivity contribution is 5.85. The van der Waals surface area contributed by atoms with Gasteiger partial charge in [0.15, 0.2) is 11.2 Å². The standard InChI is InChI=1S/C28H32FN9O3/c1-5-40-26-33-23(35-36-30)22-25(34-26)38(24(32-22)20-12-21(29)14-31-13-20)15-17-6-8-18(9-7-17)19-10-11-37(16-19)27(39)41-28(2,3)4/h6-9,12-14,19H,5,10-11,15-16H2,1-4H3,(H2,30,33,34,35). The Labute approximate surface area is 236 Å². The Hall–Kier alpha value is -4.68. The Bertz CT molecular complexity index is 1580. The Morgan fingerprint density at radius 1 is 1.17 bits per heavy atom. The van der Waals surface area contributed by atoms with Crippen molar-refractivity contribution in [1.29, 1.82) is 0 Å². The quantitative estimate of drug-likeness (QED) is 0.185. The summed E-state index contributed by atoms with van der Waals surface area (Å²) in [5.41, 5.74) is 2.79. The summed E-state index contributed by atoms with van der Waals surface area (Å²) in [6.45, 7) is 9.37. The highest BCUT2D eigenvalue weighted by atomic mass is 19.1. The number of amides is 1. The monoisotopic (exact) mass is 561 g/mol. The lowest BCUT2D eigenvalue weighted by molar-refractivity contribution is 0.0292. The van der Waals surface area contributed by atoms with Gasteiger partial charge in [0.1, 0.15) is 17.2 Å². The SMILES string of the molecule is CCOc1nc(N=NN)c2nc(-c3cncc(F)c3)n(Cc3ccc(C4CCN(C(=O)OC(C)(C)C)C4)cc3)c2n1. The average Bonchev–Trinajstić information content (AvgIpc) is 3.55. The summed E-state index contributed by atoms with van der Waals surface area (Å²) < 4.78 is 27.1. The van der Waals surface area contributed by atoms with Crippen LogP contribution in [0.5, 0.6) is 6.01 Å². The number of nitrogens with two attached hydrogens (primary N) is 1. The van der Waals surface area contributed by atoms with Gasteiger partial charge < -0.3 is 24.8 Å². The molecule has 1 amide bonds. The number of pyridine rings is 1. The highest BCUT2D eigenvalue weighted by Crippen LogP contribution is 2.32. The summed E-state index contributed by atoms with van der Waals surface area (Å²) in [6, 6.07) is 9.63. The Morgan fingerprint density at radius 2 is 1.95 bits per heavy atom. The van der Waals surface area contributed by atoms with Gasteiger partial charge >= 0.3 is 12.1 Å². The first-order valence-corrected chi connectivity index (χ1v) is 13.3. The van der Waals surface area contributed by atoms with Crippen LogP contribution in [0.15, 0.2) is 53.1 Å². The van der Waals surface area contributed by atoms with Gasteiger partial charge in [0.05, 0.1) is 19.3 Å². The van der Waals surface area contributed by atoms with Gasteiger partial charge in [-0.05, 0) is 51.3 Å². The summed E-state index contributed by atoms with van der Waals surface area (Å²) in [7, 11) is 0. The number of likely N-dealkylation sites (tertiary alicyclic amines) is 1. The minimum atomic E-state index is -0.531. The molecule has 0 saturated carbocycles. The number of carbonyl (C=O) groups is 1. The van der Waals surface area contributed by atoms with Gasteiger partial charge in [0.25, 0.3) is 0 Å². The number of hydrogen-bond donors (Lipinski definition) is 1. The first kappa shape index (κ1) is 27.9. The zero-order valence-electron chi connectivity index (χ0n) is 23.4. The molecule has 5 rings (SSSR count). The van der Waals surface area contributed by atoms with Crippen molar-refractivity contribution in [3.05, 3.63) is 59.7 Å². The van der Waals surface area contributed by atoms with Crippen LogP contribution in [0, 0.1) is 5.82 Å². The van der Waals surface area contributed by atoms with Crippen molar-refractivity contribution in [3.63, 3.8) is 0 Å². The van der Waals surface area contributed by atoms with Crippen molar-refractivity contribution in [1.82, 2.24) is 29.4 Å². The van der Waals surface area contributed by atoms with Crippen molar-refractivity contribution >= 4 is 23.1 Å². The Morgan fingerprint density at radius 3 is 2.63 bits per heavy atom. The van der Waals surface area contributed by atoms with Gasteiger partial charge in [-0.3, -0.25) is 4.98 Å². The van der Waals surface area contributed by atoms with Crippen molar-refractivity contribution in [2.24, 2.45) is 16.2 Å². The van der Waals surface area contributed by atoms with E-state index >= 15 is 0 Å². The molecule has 13 heteroatoms. The fraction of sp³-hybridized carbons (Fsp3) is 0.393. The van der Waals surface area contributed by atoms with E-state index in [1.807, 2.05) is 44.4 Å². The molecule has 1 unspecified atom stereocenters. The molecule has 1 fully saturated rings. The van der Waals surface area contributed by atoms with Gasteiger partial charge in [-0.15, -0.1) is 5.11 Å². The van der Waals surface area contributed by atoms with Crippen LogP contribution in [0.25, 0.3) is 22.6 Å². The molecule has 0 radical (unpaired) electrons. The normalized spacial score (nSPS) is 15.6. The summed E-state index contributed by atoms with van der Waals surface area (Å²) in [5, 5.41) is 7.29. The van der Waals surface area contributed by atoms with E-state index in [4.69, 9.17) is 15.3 Å². The zero-order valence-corrected chi connectivity index (χ0v) is 23.4. The fourth-order valence-electron chi connectivity index (χ4n) is 4.79. The maximum absolute atomic E-state index is 14.2. The molecular formula is C28H32FN9O3. The smallest absolute Gasteiger partial charge is 0.410 e. The molecule has 1 aliphatic rings. The van der Waals surface area contributed by atoms with Gasteiger partial charge in [-0.2, -0.15) is 9.97 Å². The van der Waals surface area contributed by atoms with Gasteiger partial charge in [0, 0.05) is 30.8 Å². The fourth-order valence-corrected chi connectivity index (χ4v) is 4.79. The molecule has 1 atom stereocenters. The van der Waals surface area contributed by atoms with Gasteiger partial charge in [-0.1, -0.05) is 29.5 Å². The maximum atomic E-state index is 14.2. The third-order valence-electron chi connectivity index (χ3n) is 6.58. The Balaban J connectivity index is 1.46. The molecule has 41 heavy (non-hydrogen) atoms. The van der Waals surface area contributed by atoms with E-state index < -0.39 is 11.4 Å². The number of rotatable bonds is 7. The minimum Gasteiger partial charge on any atom is -0.464 e. The van der Waals surface area contributed by atoms with E-state index in [9.17, 15) is 9.18 Å². The number of benzene rings is 1. The molecule has 1 aliphatic heterocycles. The second kappa shape index (κ2) is 11.4. The van der Waals surface area contributed by atoms with Crippen LogP contribution in [0.3, 0.4) is 0 Å². The average molecular weight is 562 g/mol. The van der Waals surface area contributed by atoms with Crippen molar-refractivity contribution in [2.45, 2.75) is 52.2 Å². The molecule has 1 saturated heterocycles. The predicted octanol–water partition coefficient (Wildman–Crippen LogP) is 5.16. The lowest BCUT2D eigenvalue weighted by Crippen LogP contribution is -2.35. The van der Waals surface area contributed by atoms with Crippen molar-refractivity contribution in [3.8, 4) is 17.4 Å². The molecule has 2 N–H and O–H groups in total. The van der Waals surface area contributed by atoms with Crippen molar-refractivity contribution in [2.75, 3.05) is 19.7 Å². The largest absolute Gasteiger partial charge is 0.464 e. The second-order valence-electron chi connectivity index (χ2n) is 10.7. The Kier molecular flexibility index (Phi) is 7.77. The number of aromatic nitrogens is 5. The van der Waals surface area contributed by atoms with Crippen LogP contribution in [0.2, 0.25) is 0 Å². The number of hydrogen-bond acceptors (Lipinski definition) is 9. The highest BCUT2D eigenvalue weighted by Gasteiger charge is 2.30. The maximum Gasteiger partial charge on any atom is 0.410 e. The summed E-state index contributed by atoms with van der Waals surface area (Å²) in [4.78, 5) is 31.8. The van der Waals surface area contributed by atoms with Crippen LogP contribution >= 0.6 is 0 Å². The van der Waals surface area contributed by atoms with Crippen LogP contribution in [0.4, 0.5) is 15.0 Å². The van der Waals surface area contributed by atoms with E-state index in [-0.39, 0.29) is 23.8 Å². The molecule has 1 aromatic carbocycles. The predicted molar refractivity (Wildman–Crippen MR) is 149 cm³/mol. The summed E-state index contributed by atoms with van der Waals surface area (Å²) >= 11 is 0. The number of carbonyl (C=O) groups excluding carboxylic acids is 1. The van der Waals surface area contributed by atoms with E-state index in [1.54, 1.807) is 4.90 Å². The molecule has 4 aromatic rings. The van der Waals surface area contributed by atoms with E-state index in [2.05, 4.69) is 42.4 Å². The van der Waals surface area contributed by atoms with E-state index in [1.165, 1.54) is 12.3 Å². The third-order valence-corrected chi connectivity index (χ3v) is 6.58. The zero-order chi connectivity index (χ0) is 29.1. The topological polar surface area (TPSA) is 146 Å². The van der Waals surface area contributed by atoms with Crippen LogP contribution in [-0.2, 0) is 11.3 Å². The first-order valence-electron chi connectivity index (χ1n) is 13.3. The number of imidazole rings is 1. The molecule has 4 heterocycles. The lowest BCUT2D eigenvalue weighted by Gasteiger charge is -2.24. The van der Waals surface area contributed by atoms with Crippen LogP contribution < -0.4 is 10.6 Å².